The molecule has 2 atom stereocenters. The number of aliphatic hydroxyl groups excluding tert-OH is 1. The monoisotopic (exact) mass is 211 g/mol. The van der Waals surface area contributed by atoms with E-state index in [1.165, 1.54) is 51.4 Å². The summed E-state index contributed by atoms with van der Waals surface area (Å²) in [6.45, 7) is 1.16. The first kappa shape index (κ1) is 11.4. The number of hydrogen-bond acceptors (Lipinski definition) is 2. The van der Waals surface area contributed by atoms with Gasteiger partial charge in [0.25, 0.3) is 0 Å². The van der Waals surface area contributed by atoms with Crippen LogP contribution in [0.3, 0.4) is 0 Å². The highest BCUT2D eigenvalue weighted by Crippen LogP contribution is 2.29. The lowest BCUT2D eigenvalue weighted by molar-refractivity contribution is 0.126. The number of rotatable bonds is 5. The Labute approximate surface area is 93.5 Å². The van der Waals surface area contributed by atoms with E-state index in [2.05, 4.69) is 5.32 Å². The maximum absolute atomic E-state index is 9.68. The molecule has 2 fully saturated rings. The third-order valence-electron chi connectivity index (χ3n) is 4.16. The fourth-order valence-corrected chi connectivity index (χ4v) is 3.15. The van der Waals surface area contributed by atoms with E-state index in [-0.39, 0.29) is 6.10 Å². The van der Waals surface area contributed by atoms with E-state index in [1.807, 2.05) is 0 Å². The van der Waals surface area contributed by atoms with Crippen LogP contribution in [0.5, 0.6) is 0 Å². The van der Waals surface area contributed by atoms with E-state index in [0.29, 0.717) is 5.92 Å². The van der Waals surface area contributed by atoms with Crippen LogP contribution in [0.1, 0.15) is 57.8 Å². The lowest BCUT2D eigenvalue weighted by atomic mass is 10.00. The van der Waals surface area contributed by atoms with Gasteiger partial charge >= 0.3 is 0 Å². The van der Waals surface area contributed by atoms with Crippen molar-refractivity contribution in [2.45, 2.75) is 69.9 Å². The molecule has 2 N–H and O–H groups in total. The molecule has 0 aromatic carbocycles. The lowest BCUT2D eigenvalue weighted by Crippen LogP contribution is -2.27. The van der Waals surface area contributed by atoms with E-state index < -0.39 is 0 Å². The fourth-order valence-electron chi connectivity index (χ4n) is 3.15. The maximum Gasteiger partial charge on any atom is 0.0568 e. The Kier molecular flexibility index (Phi) is 4.45. The molecule has 0 aromatic rings. The minimum atomic E-state index is 0.0106. The maximum atomic E-state index is 9.68. The second-order valence-corrected chi connectivity index (χ2v) is 5.34. The van der Waals surface area contributed by atoms with Gasteiger partial charge in [0.15, 0.2) is 0 Å². The van der Waals surface area contributed by atoms with Crippen molar-refractivity contribution in [2.75, 3.05) is 6.54 Å². The second-order valence-electron chi connectivity index (χ2n) is 5.34. The summed E-state index contributed by atoms with van der Waals surface area (Å²) in [7, 11) is 0. The molecule has 15 heavy (non-hydrogen) atoms. The van der Waals surface area contributed by atoms with E-state index >= 15 is 0 Å². The fraction of sp³-hybridized carbons (Fsp3) is 1.00. The smallest absolute Gasteiger partial charge is 0.0568 e. The van der Waals surface area contributed by atoms with Crippen molar-refractivity contribution in [3.05, 3.63) is 0 Å². The van der Waals surface area contributed by atoms with Crippen LogP contribution in [0, 0.1) is 5.92 Å². The van der Waals surface area contributed by atoms with Crippen LogP contribution >= 0.6 is 0 Å². The van der Waals surface area contributed by atoms with Crippen molar-refractivity contribution in [1.29, 1.82) is 0 Å². The third-order valence-corrected chi connectivity index (χ3v) is 4.16. The molecular weight excluding hydrogens is 186 g/mol. The van der Waals surface area contributed by atoms with Crippen LogP contribution in [0.4, 0.5) is 0 Å². The molecule has 0 saturated heterocycles. The Balaban J connectivity index is 1.51. The van der Waals surface area contributed by atoms with Crippen molar-refractivity contribution in [3.63, 3.8) is 0 Å². The van der Waals surface area contributed by atoms with Gasteiger partial charge in [-0.15, -0.1) is 0 Å². The van der Waals surface area contributed by atoms with Gasteiger partial charge < -0.3 is 10.4 Å². The first-order valence-electron chi connectivity index (χ1n) is 6.78. The summed E-state index contributed by atoms with van der Waals surface area (Å²) in [6, 6.07) is 0.804. The Bertz CT molecular complexity index is 177. The van der Waals surface area contributed by atoms with Gasteiger partial charge in [-0.3, -0.25) is 0 Å². The SMILES string of the molecule is OC1CCCC1CCCNC1CCCC1. The molecule has 2 aliphatic rings. The normalized spacial score (nSPS) is 32.6. The van der Waals surface area contributed by atoms with E-state index in [0.717, 1.165) is 19.0 Å². The van der Waals surface area contributed by atoms with E-state index in [1.54, 1.807) is 0 Å². The number of aliphatic hydroxyl groups is 1. The van der Waals surface area contributed by atoms with Crippen LogP contribution in [-0.2, 0) is 0 Å². The van der Waals surface area contributed by atoms with E-state index in [4.69, 9.17) is 0 Å². The van der Waals surface area contributed by atoms with Crippen molar-refractivity contribution < 1.29 is 5.11 Å². The Morgan fingerprint density at radius 3 is 2.47 bits per heavy atom. The van der Waals surface area contributed by atoms with Crippen LogP contribution in [0.25, 0.3) is 0 Å². The largest absolute Gasteiger partial charge is 0.393 e. The molecule has 0 aliphatic heterocycles. The zero-order valence-electron chi connectivity index (χ0n) is 9.75. The van der Waals surface area contributed by atoms with Crippen molar-refractivity contribution >= 4 is 0 Å². The highest BCUT2D eigenvalue weighted by molar-refractivity contribution is 4.77. The van der Waals surface area contributed by atoms with Gasteiger partial charge in [-0.25, -0.2) is 0 Å². The Morgan fingerprint density at radius 1 is 1.00 bits per heavy atom. The van der Waals surface area contributed by atoms with Gasteiger partial charge in [0, 0.05) is 6.04 Å². The van der Waals surface area contributed by atoms with Gasteiger partial charge in [0.1, 0.15) is 0 Å². The van der Waals surface area contributed by atoms with Gasteiger partial charge in [0.2, 0.25) is 0 Å². The van der Waals surface area contributed by atoms with Crippen molar-refractivity contribution in [2.24, 2.45) is 5.92 Å². The first-order chi connectivity index (χ1) is 7.36. The lowest BCUT2D eigenvalue weighted by Gasteiger charge is -2.16. The standard InChI is InChI=1S/C13H25NO/c15-13-9-3-5-11(13)6-4-10-14-12-7-1-2-8-12/h11-15H,1-10H2. The van der Waals surface area contributed by atoms with Crippen LogP contribution in [-0.4, -0.2) is 23.8 Å². The molecule has 0 aromatic heterocycles. The topological polar surface area (TPSA) is 32.3 Å². The average Bonchev–Trinajstić information content (AvgIpc) is 2.85. The summed E-state index contributed by atoms with van der Waals surface area (Å²) in [5.74, 6) is 0.607. The highest BCUT2D eigenvalue weighted by atomic mass is 16.3. The van der Waals surface area contributed by atoms with Gasteiger partial charge in [0.05, 0.1) is 6.10 Å². The Morgan fingerprint density at radius 2 is 1.80 bits per heavy atom. The first-order valence-corrected chi connectivity index (χ1v) is 6.78. The predicted molar refractivity (Wildman–Crippen MR) is 62.8 cm³/mol. The molecule has 0 radical (unpaired) electrons. The molecule has 2 aliphatic carbocycles. The zero-order chi connectivity index (χ0) is 10.5. The Hall–Kier alpha value is -0.0800. The molecule has 0 spiro atoms. The quantitative estimate of drug-likeness (QED) is 0.685. The molecule has 0 bridgehead atoms. The van der Waals surface area contributed by atoms with Crippen molar-refractivity contribution in [3.8, 4) is 0 Å². The zero-order valence-corrected chi connectivity index (χ0v) is 9.75. The molecule has 2 rings (SSSR count). The van der Waals surface area contributed by atoms with Crippen molar-refractivity contribution in [1.82, 2.24) is 5.32 Å². The molecule has 88 valence electrons. The number of hydrogen-bond donors (Lipinski definition) is 2. The average molecular weight is 211 g/mol. The minimum Gasteiger partial charge on any atom is -0.393 e. The highest BCUT2D eigenvalue weighted by Gasteiger charge is 2.24. The summed E-state index contributed by atoms with van der Waals surface area (Å²) in [5, 5.41) is 13.3. The van der Waals surface area contributed by atoms with Crippen LogP contribution < -0.4 is 5.32 Å². The second kappa shape index (κ2) is 5.86. The molecular formula is C13H25NO. The molecule has 2 saturated carbocycles. The summed E-state index contributed by atoms with van der Waals surface area (Å²) in [6.07, 6.45) is 11.6. The summed E-state index contributed by atoms with van der Waals surface area (Å²) < 4.78 is 0. The summed E-state index contributed by atoms with van der Waals surface area (Å²) in [5.41, 5.74) is 0. The number of nitrogens with one attached hydrogen (secondary N) is 1. The molecule has 2 nitrogen and oxygen atoms in total. The molecule has 0 heterocycles. The molecule has 2 heteroatoms. The van der Waals surface area contributed by atoms with Crippen LogP contribution in [0.2, 0.25) is 0 Å². The molecule has 0 amide bonds. The van der Waals surface area contributed by atoms with Gasteiger partial charge in [-0.1, -0.05) is 19.3 Å². The van der Waals surface area contributed by atoms with Gasteiger partial charge in [-0.05, 0) is 51.0 Å². The third kappa shape index (κ3) is 3.46. The summed E-state index contributed by atoms with van der Waals surface area (Å²) in [4.78, 5) is 0. The van der Waals surface area contributed by atoms with Gasteiger partial charge in [-0.2, -0.15) is 0 Å². The minimum absolute atomic E-state index is 0.0106. The molecule has 2 unspecified atom stereocenters. The summed E-state index contributed by atoms with van der Waals surface area (Å²) >= 11 is 0. The van der Waals surface area contributed by atoms with E-state index in [9.17, 15) is 5.11 Å². The predicted octanol–water partition coefficient (Wildman–Crippen LogP) is 2.46. The van der Waals surface area contributed by atoms with Crippen LogP contribution in [0.15, 0.2) is 0 Å².